The molecule has 112 valence electrons. The van der Waals surface area contributed by atoms with Gasteiger partial charge in [0.25, 0.3) is 5.91 Å². The minimum Gasteiger partial charge on any atom is -0.481 e. The number of hydrogen-bond acceptors (Lipinski definition) is 2. The van der Waals surface area contributed by atoms with Crippen molar-refractivity contribution >= 4 is 11.9 Å². The lowest BCUT2D eigenvalue weighted by molar-refractivity contribution is -0.142. The lowest BCUT2D eigenvalue weighted by Gasteiger charge is -2.26. The summed E-state index contributed by atoms with van der Waals surface area (Å²) in [5.74, 6) is -0.796. The molecular weight excluding hydrogens is 266 g/mol. The fourth-order valence-electron chi connectivity index (χ4n) is 3.36. The Kier molecular flexibility index (Phi) is 3.95. The highest BCUT2D eigenvalue weighted by molar-refractivity contribution is 5.95. The molecule has 2 atom stereocenters. The summed E-state index contributed by atoms with van der Waals surface area (Å²) in [6.07, 6.45) is 5.95. The second-order valence-electron chi connectivity index (χ2n) is 6.21. The topological polar surface area (TPSA) is 66.4 Å². The lowest BCUT2D eigenvalue weighted by Crippen LogP contribution is -2.40. The Morgan fingerprint density at radius 1 is 1.10 bits per heavy atom. The predicted octanol–water partition coefficient (Wildman–Crippen LogP) is 2.94. The zero-order valence-electron chi connectivity index (χ0n) is 12.0. The molecule has 4 heteroatoms. The first-order chi connectivity index (χ1) is 10.1. The third kappa shape index (κ3) is 2.94. The van der Waals surface area contributed by atoms with Crippen LogP contribution in [-0.4, -0.2) is 23.0 Å². The number of amides is 1. The maximum absolute atomic E-state index is 12.3. The Morgan fingerprint density at radius 3 is 2.52 bits per heavy atom. The van der Waals surface area contributed by atoms with Gasteiger partial charge in [-0.05, 0) is 49.3 Å². The minimum atomic E-state index is -0.805. The summed E-state index contributed by atoms with van der Waals surface area (Å²) in [6.45, 7) is 0. The molecule has 0 spiro atoms. The first-order valence-electron chi connectivity index (χ1n) is 7.79. The lowest BCUT2D eigenvalue weighted by atomic mass is 9.79. The molecule has 0 aromatic heterocycles. The Bertz CT molecular complexity index is 551. The van der Waals surface area contributed by atoms with Crippen molar-refractivity contribution in [3.05, 3.63) is 35.4 Å². The van der Waals surface area contributed by atoms with Crippen LogP contribution in [0.5, 0.6) is 0 Å². The van der Waals surface area contributed by atoms with E-state index in [0.29, 0.717) is 17.9 Å². The van der Waals surface area contributed by atoms with Crippen LogP contribution in [0.3, 0.4) is 0 Å². The fourth-order valence-corrected chi connectivity index (χ4v) is 3.36. The SMILES string of the molecule is O=C(N[C@@H]1CCC[C@@H]1C(=O)O)c1cccc(C2CCC2)c1. The van der Waals surface area contributed by atoms with Gasteiger partial charge in [0, 0.05) is 11.6 Å². The second-order valence-corrected chi connectivity index (χ2v) is 6.21. The van der Waals surface area contributed by atoms with Crippen molar-refractivity contribution in [2.24, 2.45) is 5.92 Å². The number of carboxylic acid groups (broad SMARTS) is 1. The zero-order valence-corrected chi connectivity index (χ0v) is 12.0. The van der Waals surface area contributed by atoms with Gasteiger partial charge in [0.15, 0.2) is 0 Å². The fraction of sp³-hybridized carbons (Fsp3) is 0.529. The van der Waals surface area contributed by atoms with Gasteiger partial charge in [-0.2, -0.15) is 0 Å². The van der Waals surface area contributed by atoms with Crippen molar-refractivity contribution in [2.45, 2.75) is 50.5 Å². The molecule has 1 aromatic carbocycles. The van der Waals surface area contributed by atoms with Gasteiger partial charge in [0.05, 0.1) is 5.92 Å². The molecule has 2 N–H and O–H groups in total. The van der Waals surface area contributed by atoms with E-state index in [0.717, 1.165) is 12.8 Å². The number of carboxylic acids is 1. The standard InChI is InChI=1S/C17H21NO3/c19-16(18-15-9-3-8-14(15)17(20)21)13-7-2-6-12(10-13)11-4-1-5-11/h2,6-7,10-11,14-15H,1,3-5,8-9H2,(H,18,19)(H,20,21)/t14-,15+/m0/s1. The highest BCUT2D eigenvalue weighted by atomic mass is 16.4. The third-order valence-corrected chi connectivity index (χ3v) is 4.88. The number of nitrogens with one attached hydrogen (secondary N) is 1. The van der Waals surface area contributed by atoms with Gasteiger partial charge in [-0.1, -0.05) is 25.0 Å². The zero-order chi connectivity index (χ0) is 14.8. The van der Waals surface area contributed by atoms with Crippen LogP contribution in [0.2, 0.25) is 0 Å². The molecule has 1 amide bonds. The summed E-state index contributed by atoms with van der Waals surface area (Å²) in [7, 11) is 0. The van der Waals surface area contributed by atoms with Gasteiger partial charge in [0.2, 0.25) is 0 Å². The van der Waals surface area contributed by atoms with E-state index in [-0.39, 0.29) is 11.9 Å². The smallest absolute Gasteiger partial charge is 0.308 e. The van der Waals surface area contributed by atoms with E-state index in [1.54, 1.807) is 0 Å². The molecule has 21 heavy (non-hydrogen) atoms. The van der Waals surface area contributed by atoms with Gasteiger partial charge in [-0.15, -0.1) is 0 Å². The summed E-state index contributed by atoms with van der Waals surface area (Å²) in [4.78, 5) is 23.5. The molecule has 2 aliphatic carbocycles. The number of carbonyl (C=O) groups is 2. The number of hydrogen-bond donors (Lipinski definition) is 2. The maximum atomic E-state index is 12.3. The second kappa shape index (κ2) is 5.88. The quantitative estimate of drug-likeness (QED) is 0.894. The van der Waals surface area contributed by atoms with E-state index in [1.807, 2.05) is 18.2 Å². The molecule has 4 nitrogen and oxygen atoms in total. The summed E-state index contributed by atoms with van der Waals surface area (Å²) in [5, 5.41) is 12.1. The predicted molar refractivity (Wildman–Crippen MR) is 79.3 cm³/mol. The van der Waals surface area contributed by atoms with E-state index in [1.165, 1.54) is 24.8 Å². The van der Waals surface area contributed by atoms with E-state index >= 15 is 0 Å². The molecule has 0 unspecified atom stereocenters. The van der Waals surface area contributed by atoms with Crippen LogP contribution >= 0.6 is 0 Å². The number of aliphatic carboxylic acids is 1. The van der Waals surface area contributed by atoms with Crippen molar-refractivity contribution in [3.8, 4) is 0 Å². The van der Waals surface area contributed by atoms with Gasteiger partial charge < -0.3 is 10.4 Å². The van der Waals surface area contributed by atoms with E-state index in [2.05, 4.69) is 11.4 Å². The first kappa shape index (κ1) is 14.1. The van der Waals surface area contributed by atoms with Crippen LogP contribution in [0.15, 0.2) is 24.3 Å². The maximum Gasteiger partial charge on any atom is 0.308 e. The van der Waals surface area contributed by atoms with Gasteiger partial charge in [-0.3, -0.25) is 9.59 Å². The number of rotatable bonds is 4. The molecule has 0 saturated heterocycles. The monoisotopic (exact) mass is 287 g/mol. The van der Waals surface area contributed by atoms with Crippen molar-refractivity contribution < 1.29 is 14.7 Å². The summed E-state index contributed by atoms with van der Waals surface area (Å²) in [5.41, 5.74) is 1.88. The Labute approximate surface area is 124 Å². The molecule has 2 aliphatic rings. The van der Waals surface area contributed by atoms with Crippen molar-refractivity contribution in [1.29, 1.82) is 0 Å². The Morgan fingerprint density at radius 2 is 1.86 bits per heavy atom. The molecule has 2 fully saturated rings. The average Bonchev–Trinajstić information content (AvgIpc) is 2.85. The van der Waals surface area contributed by atoms with Crippen LogP contribution in [0, 0.1) is 5.92 Å². The largest absolute Gasteiger partial charge is 0.481 e. The Hall–Kier alpha value is -1.84. The molecule has 0 bridgehead atoms. The van der Waals surface area contributed by atoms with Gasteiger partial charge in [-0.25, -0.2) is 0 Å². The molecule has 3 rings (SSSR count). The van der Waals surface area contributed by atoms with Crippen LogP contribution in [0.25, 0.3) is 0 Å². The summed E-state index contributed by atoms with van der Waals surface area (Å²) >= 11 is 0. The van der Waals surface area contributed by atoms with Crippen LogP contribution < -0.4 is 5.32 Å². The van der Waals surface area contributed by atoms with Crippen molar-refractivity contribution in [1.82, 2.24) is 5.32 Å². The van der Waals surface area contributed by atoms with Crippen molar-refractivity contribution in [2.75, 3.05) is 0 Å². The molecule has 2 saturated carbocycles. The van der Waals surface area contributed by atoms with E-state index in [9.17, 15) is 14.7 Å². The highest BCUT2D eigenvalue weighted by Gasteiger charge is 2.34. The van der Waals surface area contributed by atoms with Crippen molar-refractivity contribution in [3.63, 3.8) is 0 Å². The summed E-state index contributed by atoms with van der Waals surface area (Å²) in [6, 6.07) is 7.54. The highest BCUT2D eigenvalue weighted by Crippen LogP contribution is 2.36. The molecular formula is C17H21NO3. The average molecular weight is 287 g/mol. The van der Waals surface area contributed by atoms with Gasteiger partial charge >= 0.3 is 5.97 Å². The first-order valence-corrected chi connectivity index (χ1v) is 7.79. The molecule has 1 aromatic rings. The third-order valence-electron chi connectivity index (χ3n) is 4.88. The van der Waals surface area contributed by atoms with Crippen LogP contribution in [0.4, 0.5) is 0 Å². The van der Waals surface area contributed by atoms with Crippen LogP contribution in [-0.2, 0) is 4.79 Å². The van der Waals surface area contributed by atoms with E-state index in [4.69, 9.17) is 0 Å². The number of benzene rings is 1. The minimum absolute atomic E-state index is 0.144. The molecule has 0 heterocycles. The molecule has 0 radical (unpaired) electrons. The van der Waals surface area contributed by atoms with E-state index < -0.39 is 11.9 Å². The molecule has 0 aliphatic heterocycles. The summed E-state index contributed by atoms with van der Waals surface area (Å²) < 4.78 is 0. The van der Waals surface area contributed by atoms with Crippen LogP contribution in [0.1, 0.15) is 60.4 Å². The Balaban J connectivity index is 1.69. The normalized spacial score (nSPS) is 25.3. The number of carbonyl (C=O) groups excluding carboxylic acids is 1. The van der Waals surface area contributed by atoms with Gasteiger partial charge in [0.1, 0.15) is 0 Å².